The molecule has 1 N–H and O–H groups in total. The van der Waals surface area contributed by atoms with Crippen molar-refractivity contribution in [3.63, 3.8) is 0 Å². The summed E-state index contributed by atoms with van der Waals surface area (Å²) < 4.78 is 11.0. The van der Waals surface area contributed by atoms with Crippen molar-refractivity contribution in [2.45, 2.75) is 52.7 Å². The van der Waals surface area contributed by atoms with Gasteiger partial charge in [-0.15, -0.1) is 0 Å². The largest absolute Gasteiger partial charge is 0.443 e. The third-order valence-corrected chi connectivity index (χ3v) is 2.36. The minimum atomic E-state index is -0.809. The zero-order valence-electron chi connectivity index (χ0n) is 13.8. The molecule has 0 saturated heterocycles. The topological polar surface area (TPSA) is 77.5 Å². The molecule has 0 aliphatic heterocycles. The number of carbonyl (C=O) groups excluding carboxylic acids is 2. The average molecular weight is 422 g/mol. The molecule has 6 nitrogen and oxygen atoms in total. The van der Waals surface area contributed by atoms with Gasteiger partial charge in [0.2, 0.25) is 0 Å². The highest BCUT2D eigenvalue weighted by molar-refractivity contribution is 14.1. The molecule has 0 aliphatic rings. The molecule has 124 valence electrons. The van der Waals surface area contributed by atoms with Gasteiger partial charge >= 0.3 is 12.2 Å². The summed E-state index contributed by atoms with van der Waals surface area (Å²) in [6.07, 6.45) is 1.94. The van der Waals surface area contributed by atoms with Gasteiger partial charge in [-0.25, -0.2) is 14.9 Å². The highest BCUT2D eigenvalue weighted by Crippen LogP contribution is 2.08. The molecule has 0 spiro atoms. The van der Waals surface area contributed by atoms with E-state index in [9.17, 15) is 9.59 Å². The van der Waals surface area contributed by atoms with Crippen LogP contribution in [0.5, 0.6) is 0 Å². The molecule has 1 aromatic heterocycles. The number of aromatic nitrogens is 1. The van der Waals surface area contributed by atoms with Crippen LogP contribution in [-0.4, -0.2) is 28.4 Å². The number of alkyl carbamates (subject to hydrolysis) is 2. The fourth-order valence-corrected chi connectivity index (χ4v) is 1.35. The van der Waals surface area contributed by atoms with Crippen LogP contribution in [0.4, 0.5) is 9.59 Å². The lowest BCUT2D eigenvalue weighted by Crippen LogP contribution is -2.39. The third-order valence-electron chi connectivity index (χ3n) is 1.64. The standard InChI is InChI=1S/C10H19NO4.C5H4IN/c1-9(2,3)14-7(12)11-8(13)15-10(4,5)6;6-5-1-3-7-4-2-5/h1-6H3,(H,11,12,13);1-4H. The Balaban J connectivity index is 0.000000518. The first-order chi connectivity index (χ1) is 9.89. The highest BCUT2D eigenvalue weighted by atomic mass is 127. The van der Waals surface area contributed by atoms with Crippen molar-refractivity contribution in [2.75, 3.05) is 0 Å². The number of nitrogens with zero attached hydrogens (tertiary/aromatic N) is 1. The molecule has 7 heteroatoms. The number of pyridine rings is 1. The van der Waals surface area contributed by atoms with Crippen molar-refractivity contribution in [1.29, 1.82) is 0 Å². The molecule has 1 heterocycles. The Labute approximate surface area is 145 Å². The number of hydrogen-bond donors (Lipinski definition) is 1. The summed E-state index contributed by atoms with van der Waals surface area (Å²) in [7, 11) is 0. The van der Waals surface area contributed by atoms with Gasteiger partial charge in [0.1, 0.15) is 11.2 Å². The minimum Gasteiger partial charge on any atom is -0.443 e. The average Bonchev–Trinajstić information content (AvgIpc) is 2.24. The Morgan fingerprint density at radius 1 is 0.955 bits per heavy atom. The van der Waals surface area contributed by atoms with Gasteiger partial charge < -0.3 is 9.47 Å². The summed E-state index contributed by atoms with van der Waals surface area (Å²) in [5.41, 5.74) is -1.27. The molecule has 0 aromatic carbocycles. The molecule has 1 aromatic rings. The second-order valence-corrected chi connectivity index (χ2v) is 7.54. The maximum Gasteiger partial charge on any atom is 0.417 e. The first-order valence-electron chi connectivity index (χ1n) is 6.67. The molecular weight excluding hydrogens is 399 g/mol. The number of imide groups is 1. The van der Waals surface area contributed by atoms with Crippen molar-refractivity contribution >= 4 is 34.8 Å². The smallest absolute Gasteiger partial charge is 0.417 e. The summed E-state index contributed by atoms with van der Waals surface area (Å²) in [5.74, 6) is 0. The van der Waals surface area contributed by atoms with Gasteiger partial charge in [0.15, 0.2) is 0 Å². The number of halogens is 1. The van der Waals surface area contributed by atoms with Crippen LogP contribution < -0.4 is 5.32 Å². The van der Waals surface area contributed by atoms with E-state index in [1.54, 1.807) is 53.9 Å². The van der Waals surface area contributed by atoms with Crippen LogP contribution in [0, 0.1) is 3.57 Å². The predicted octanol–water partition coefficient (Wildman–Crippen LogP) is 4.13. The van der Waals surface area contributed by atoms with Crippen molar-refractivity contribution < 1.29 is 19.1 Å². The zero-order chi connectivity index (χ0) is 17.4. The summed E-state index contributed by atoms with van der Waals surface area (Å²) in [6.45, 7) is 10.3. The molecule has 0 bridgehead atoms. The Hall–Kier alpha value is -1.38. The Morgan fingerprint density at radius 2 is 1.32 bits per heavy atom. The maximum absolute atomic E-state index is 11.1. The van der Waals surface area contributed by atoms with Gasteiger partial charge in [-0.05, 0) is 76.3 Å². The number of rotatable bonds is 0. The molecule has 0 radical (unpaired) electrons. The van der Waals surface area contributed by atoms with Crippen molar-refractivity contribution in [3.05, 3.63) is 28.1 Å². The summed E-state index contributed by atoms with van der Waals surface area (Å²) in [6, 6.07) is 3.92. The van der Waals surface area contributed by atoms with Gasteiger partial charge in [0.25, 0.3) is 0 Å². The fraction of sp³-hybridized carbons (Fsp3) is 0.533. The maximum atomic E-state index is 11.1. The SMILES string of the molecule is CC(C)(C)OC(=O)NC(=O)OC(C)(C)C.Ic1ccncc1. The summed E-state index contributed by atoms with van der Waals surface area (Å²) in [4.78, 5) is 26.1. The normalized spacial score (nSPS) is 10.9. The highest BCUT2D eigenvalue weighted by Gasteiger charge is 2.21. The molecule has 0 atom stereocenters. The quantitative estimate of drug-likeness (QED) is 0.637. The van der Waals surface area contributed by atoms with E-state index in [0.29, 0.717) is 0 Å². The van der Waals surface area contributed by atoms with E-state index >= 15 is 0 Å². The van der Waals surface area contributed by atoms with Crippen LogP contribution in [0.3, 0.4) is 0 Å². The number of amides is 2. The van der Waals surface area contributed by atoms with Gasteiger partial charge in [0.05, 0.1) is 0 Å². The Kier molecular flexibility index (Phi) is 8.36. The van der Waals surface area contributed by atoms with Gasteiger partial charge in [-0.2, -0.15) is 0 Å². The number of ether oxygens (including phenoxy) is 2. The molecule has 0 aliphatic carbocycles. The fourth-order valence-electron chi connectivity index (χ4n) is 1.02. The van der Waals surface area contributed by atoms with Crippen LogP contribution in [0.1, 0.15) is 41.5 Å². The molecule has 2 amide bonds. The summed E-state index contributed by atoms with van der Waals surface area (Å²) >= 11 is 2.24. The first kappa shape index (κ1) is 20.6. The second-order valence-electron chi connectivity index (χ2n) is 6.29. The third kappa shape index (κ3) is 13.6. The number of hydrogen-bond acceptors (Lipinski definition) is 5. The van der Waals surface area contributed by atoms with Gasteiger partial charge in [0, 0.05) is 16.0 Å². The lowest BCUT2D eigenvalue weighted by molar-refractivity contribution is 0.0353. The van der Waals surface area contributed by atoms with E-state index in [0.717, 1.165) is 0 Å². The van der Waals surface area contributed by atoms with Crippen LogP contribution in [0.25, 0.3) is 0 Å². The van der Waals surface area contributed by atoms with E-state index in [4.69, 9.17) is 9.47 Å². The van der Waals surface area contributed by atoms with Crippen LogP contribution in [-0.2, 0) is 9.47 Å². The van der Waals surface area contributed by atoms with Crippen LogP contribution in [0.15, 0.2) is 24.5 Å². The molecule has 0 fully saturated rings. The van der Waals surface area contributed by atoms with E-state index in [-0.39, 0.29) is 0 Å². The van der Waals surface area contributed by atoms with Crippen LogP contribution >= 0.6 is 22.6 Å². The first-order valence-corrected chi connectivity index (χ1v) is 7.75. The lowest BCUT2D eigenvalue weighted by atomic mass is 10.2. The minimum absolute atomic E-state index is 0.633. The second kappa shape index (κ2) is 8.92. The molecule has 0 saturated carbocycles. The monoisotopic (exact) mass is 422 g/mol. The molecule has 0 unspecified atom stereocenters. The molecule has 1 rings (SSSR count). The zero-order valence-corrected chi connectivity index (χ0v) is 15.9. The van der Waals surface area contributed by atoms with Gasteiger partial charge in [-0.3, -0.25) is 4.98 Å². The van der Waals surface area contributed by atoms with E-state index in [1.807, 2.05) is 17.4 Å². The van der Waals surface area contributed by atoms with E-state index in [2.05, 4.69) is 27.6 Å². The van der Waals surface area contributed by atoms with E-state index in [1.165, 1.54) is 3.57 Å². The Morgan fingerprint density at radius 3 is 1.55 bits per heavy atom. The number of nitrogens with one attached hydrogen (secondary N) is 1. The molecule has 22 heavy (non-hydrogen) atoms. The van der Waals surface area contributed by atoms with Gasteiger partial charge in [-0.1, -0.05) is 0 Å². The van der Waals surface area contributed by atoms with E-state index < -0.39 is 23.4 Å². The lowest BCUT2D eigenvalue weighted by Gasteiger charge is -2.21. The summed E-state index contributed by atoms with van der Waals surface area (Å²) in [5, 5.41) is 1.97. The van der Waals surface area contributed by atoms with Crippen LogP contribution in [0.2, 0.25) is 0 Å². The van der Waals surface area contributed by atoms with Crippen molar-refractivity contribution in [1.82, 2.24) is 10.3 Å². The van der Waals surface area contributed by atoms with Crippen molar-refractivity contribution in [3.8, 4) is 0 Å². The van der Waals surface area contributed by atoms with Crippen molar-refractivity contribution in [2.24, 2.45) is 0 Å². The predicted molar refractivity (Wildman–Crippen MR) is 92.6 cm³/mol. The molecular formula is C15H23IN2O4. The Bertz CT molecular complexity index is 453. The number of carbonyl (C=O) groups is 2.